The molecule has 0 spiro atoms. The monoisotopic (exact) mass is 799 g/mol. The molecule has 6 heterocycles. The number of amides is 1. The lowest BCUT2D eigenvalue weighted by Crippen LogP contribution is -2.56. The first-order valence-electron chi connectivity index (χ1n) is 18.6. The van der Waals surface area contributed by atoms with E-state index >= 15 is 8.78 Å². The molecule has 5 aliphatic rings. The van der Waals surface area contributed by atoms with E-state index in [4.69, 9.17) is 26.8 Å². The summed E-state index contributed by atoms with van der Waals surface area (Å²) in [4.78, 5) is 26.3. The van der Waals surface area contributed by atoms with Gasteiger partial charge in [-0.25, -0.2) is 17.6 Å². The summed E-state index contributed by atoms with van der Waals surface area (Å²) in [7, 11) is 0. The Morgan fingerprint density at radius 2 is 1.96 bits per heavy atom. The van der Waals surface area contributed by atoms with Gasteiger partial charge >= 0.3 is 6.01 Å². The number of aliphatic hydroxyl groups is 1. The number of fused-ring (bicyclic) bond motifs is 3. The van der Waals surface area contributed by atoms with Gasteiger partial charge in [-0.1, -0.05) is 11.6 Å². The predicted molar refractivity (Wildman–Crippen MR) is 197 cm³/mol. The number of hydrogen-bond donors (Lipinski definition) is 3. The third-order valence-corrected chi connectivity index (χ3v) is 13.3. The van der Waals surface area contributed by atoms with E-state index in [1.807, 2.05) is 13.0 Å². The maximum atomic E-state index is 17.1. The van der Waals surface area contributed by atoms with Crippen LogP contribution in [0.5, 0.6) is 11.9 Å². The topological polar surface area (TPSA) is 160 Å². The Bertz CT molecular complexity index is 2270. The van der Waals surface area contributed by atoms with Gasteiger partial charge in [0.1, 0.15) is 46.5 Å². The molecule has 0 bridgehead atoms. The molecule has 5 fully saturated rings. The molecule has 1 aliphatic carbocycles. The normalized spacial score (nSPS) is 29.2. The minimum atomic E-state index is -1.16. The van der Waals surface area contributed by atoms with Gasteiger partial charge in [-0.3, -0.25) is 15.0 Å². The Labute approximate surface area is 322 Å². The van der Waals surface area contributed by atoms with Crippen molar-refractivity contribution in [2.45, 2.75) is 87.9 Å². The van der Waals surface area contributed by atoms with Gasteiger partial charge in [-0.2, -0.15) is 15.2 Å². The van der Waals surface area contributed by atoms with Crippen LogP contribution in [0, 0.1) is 40.6 Å². The Balaban J connectivity index is 1.09. The lowest BCUT2D eigenvalue weighted by molar-refractivity contribution is -0.141. The summed E-state index contributed by atoms with van der Waals surface area (Å²) in [6.45, 7) is 2.80. The van der Waals surface area contributed by atoms with Crippen molar-refractivity contribution in [2.75, 3.05) is 32.0 Å². The molecule has 2 aromatic heterocycles. The van der Waals surface area contributed by atoms with Crippen molar-refractivity contribution >= 4 is 54.8 Å². The number of benzene rings is 2. The number of aromatic nitrogens is 2. The number of likely N-dealkylation sites (tertiary alicyclic amines) is 1. The molecule has 2 aromatic carbocycles. The van der Waals surface area contributed by atoms with E-state index in [1.165, 1.54) is 6.07 Å². The predicted octanol–water partition coefficient (Wildman–Crippen LogP) is 5.72. The summed E-state index contributed by atoms with van der Waals surface area (Å²) in [6.07, 6.45) is 2.48. The van der Waals surface area contributed by atoms with Crippen molar-refractivity contribution in [3.05, 3.63) is 40.2 Å². The number of anilines is 1. The number of nitrogens with one attached hydrogen (secondary N) is 1. The SMILES string of the molecule is C[C@@H]1C[C@H](Oc2nc(OCC3CCN4C[C@H](F)CC34)nc3c(F)c(-c4c(F)cc(F)c5sc(N)c(C#N)c45)c(Cl)cc23)C[C@H](CO)N1C(=O)[C@@H]1N[C@H]1C1CC1. The minimum Gasteiger partial charge on any atom is -0.474 e. The molecule has 0 radical (unpaired) electrons. The minimum absolute atomic E-state index is 0.0141. The van der Waals surface area contributed by atoms with Gasteiger partial charge in [-0.05, 0) is 51.1 Å². The lowest BCUT2D eigenvalue weighted by Gasteiger charge is -2.43. The van der Waals surface area contributed by atoms with E-state index in [0.717, 1.165) is 37.1 Å². The molecular weight excluding hydrogens is 762 g/mol. The van der Waals surface area contributed by atoms with Crippen molar-refractivity contribution < 1.29 is 36.9 Å². The van der Waals surface area contributed by atoms with Crippen molar-refractivity contribution in [2.24, 2.45) is 11.8 Å². The number of carbonyl (C=O) groups excluding carboxylic acids is 1. The van der Waals surface area contributed by atoms with Crippen molar-refractivity contribution in [1.82, 2.24) is 25.1 Å². The van der Waals surface area contributed by atoms with E-state index < -0.39 is 46.9 Å². The molecule has 11 nitrogen and oxygen atoms in total. The van der Waals surface area contributed by atoms with Gasteiger partial charge in [0.05, 0.1) is 39.9 Å². The molecule has 2 unspecified atom stereocenters. The standard InChI is InChI=1S/C38H38ClF4N7O4S/c1-15-6-20(8-19(13-51)50(15)37(52)33-31(46-33)16-2-3-16)54-36-21-9-23(39)28(29-24(41)10-25(42)34-27(29)22(11-44)35(45)55-34)30(43)32(21)47-38(48-36)53-14-17-4-5-49-12-18(40)7-26(17)49/h9-10,15-20,26,31,33,46,51H,2-8,12-14,45H2,1H3/t15-,17?,18-,19-,20+,26?,31+,33-/m1/s1. The van der Waals surface area contributed by atoms with Gasteiger partial charge in [0.15, 0.2) is 5.82 Å². The molecule has 1 saturated carbocycles. The average molecular weight is 800 g/mol. The summed E-state index contributed by atoms with van der Waals surface area (Å²) in [6, 6.07) is 2.58. The molecule has 1 amide bonds. The molecule has 4 aromatic rings. The van der Waals surface area contributed by atoms with Gasteiger partial charge in [0.25, 0.3) is 0 Å². The second-order valence-electron chi connectivity index (χ2n) is 15.5. The molecule has 17 heteroatoms. The van der Waals surface area contributed by atoms with E-state index in [9.17, 15) is 23.9 Å². The average Bonchev–Trinajstić information content (AvgIpc) is 4.04. The zero-order chi connectivity index (χ0) is 38.4. The number of nitriles is 1. The zero-order valence-corrected chi connectivity index (χ0v) is 31.3. The highest BCUT2D eigenvalue weighted by atomic mass is 35.5. The van der Waals surface area contributed by atoms with Crippen LogP contribution in [0.25, 0.3) is 32.1 Å². The fraction of sp³-hybridized carbons (Fsp3) is 0.526. The van der Waals surface area contributed by atoms with Crippen molar-refractivity contribution in [3.63, 3.8) is 0 Å². The van der Waals surface area contributed by atoms with E-state index in [2.05, 4.69) is 20.2 Å². The van der Waals surface area contributed by atoms with Crippen LogP contribution in [0.15, 0.2) is 12.1 Å². The summed E-state index contributed by atoms with van der Waals surface area (Å²) in [5.41, 5.74) is 4.54. The van der Waals surface area contributed by atoms with E-state index in [-0.39, 0.29) is 104 Å². The summed E-state index contributed by atoms with van der Waals surface area (Å²) < 4.78 is 74.5. The van der Waals surface area contributed by atoms with Crippen LogP contribution in [-0.4, -0.2) is 99.6 Å². The quantitative estimate of drug-likeness (QED) is 0.141. The highest BCUT2D eigenvalue weighted by molar-refractivity contribution is 7.23. The van der Waals surface area contributed by atoms with E-state index in [0.29, 0.717) is 31.4 Å². The van der Waals surface area contributed by atoms with Crippen LogP contribution in [0.3, 0.4) is 0 Å². The maximum absolute atomic E-state index is 17.1. The van der Waals surface area contributed by atoms with Gasteiger partial charge in [0.2, 0.25) is 11.8 Å². The molecule has 4 N–H and O–H groups in total. The molecule has 55 heavy (non-hydrogen) atoms. The Morgan fingerprint density at radius 3 is 2.71 bits per heavy atom. The summed E-state index contributed by atoms with van der Waals surface area (Å²) in [5, 5.41) is 23.1. The third-order valence-electron chi connectivity index (χ3n) is 12.0. The largest absolute Gasteiger partial charge is 0.474 e. The molecule has 4 aliphatic heterocycles. The van der Waals surface area contributed by atoms with E-state index in [1.54, 1.807) is 4.90 Å². The Morgan fingerprint density at radius 1 is 1.16 bits per heavy atom. The fourth-order valence-corrected chi connectivity index (χ4v) is 10.4. The zero-order valence-electron chi connectivity index (χ0n) is 29.7. The van der Waals surface area contributed by atoms with Crippen molar-refractivity contribution in [1.29, 1.82) is 5.26 Å². The number of thiophene rings is 1. The van der Waals surface area contributed by atoms with Crippen LogP contribution in [0.1, 0.15) is 51.0 Å². The van der Waals surface area contributed by atoms with Gasteiger partial charge in [-0.15, -0.1) is 11.3 Å². The molecule has 9 rings (SSSR count). The number of nitrogen functional groups attached to an aromatic ring is 1. The number of aliphatic hydroxyl groups excluding tert-OH is 1. The number of rotatable bonds is 9. The second kappa shape index (κ2) is 13.9. The Kier molecular flexibility index (Phi) is 9.24. The molecule has 8 atom stereocenters. The smallest absolute Gasteiger partial charge is 0.320 e. The summed E-state index contributed by atoms with van der Waals surface area (Å²) in [5.74, 6) is -2.87. The molecule has 4 saturated heterocycles. The number of carbonyl (C=O) groups is 1. The molecule has 290 valence electrons. The Hall–Kier alpha value is -4.01. The first-order valence-corrected chi connectivity index (χ1v) is 19.8. The summed E-state index contributed by atoms with van der Waals surface area (Å²) >= 11 is 7.48. The number of ether oxygens (including phenoxy) is 2. The van der Waals surface area contributed by atoms with Crippen LogP contribution in [0.2, 0.25) is 5.02 Å². The van der Waals surface area contributed by atoms with Gasteiger partial charge < -0.3 is 25.2 Å². The fourth-order valence-electron chi connectivity index (χ4n) is 9.22. The van der Waals surface area contributed by atoms with Crippen LogP contribution < -0.4 is 20.5 Å². The first kappa shape index (κ1) is 36.6. The number of halogens is 5. The van der Waals surface area contributed by atoms with Crippen LogP contribution in [0.4, 0.5) is 22.6 Å². The van der Waals surface area contributed by atoms with Crippen LogP contribution in [-0.2, 0) is 4.79 Å². The highest BCUT2D eigenvalue weighted by Gasteiger charge is 2.54. The number of alkyl halides is 1. The lowest BCUT2D eigenvalue weighted by atomic mass is 9.93. The van der Waals surface area contributed by atoms with Crippen LogP contribution >= 0.6 is 22.9 Å². The molecular formula is C38H38ClF4N7O4S. The number of nitrogens with zero attached hydrogens (tertiary/aromatic N) is 5. The number of hydrogen-bond acceptors (Lipinski definition) is 11. The van der Waals surface area contributed by atoms with Crippen molar-refractivity contribution in [3.8, 4) is 29.1 Å². The first-order chi connectivity index (χ1) is 26.4. The number of piperidine rings is 1. The third kappa shape index (κ3) is 6.32. The second-order valence-corrected chi connectivity index (χ2v) is 17.0. The highest BCUT2D eigenvalue weighted by Crippen LogP contribution is 2.47. The number of nitrogens with two attached hydrogens (primary N) is 1. The van der Waals surface area contributed by atoms with Gasteiger partial charge in [0, 0.05) is 66.0 Å². The maximum Gasteiger partial charge on any atom is 0.320 e.